The fourth-order valence-electron chi connectivity index (χ4n) is 4.01. The number of amides is 4. The topological polar surface area (TPSA) is 96.1 Å². The van der Waals surface area contributed by atoms with Crippen molar-refractivity contribution in [1.82, 2.24) is 19.3 Å². The number of alkyl halides is 3. The minimum atomic E-state index is -4.66. The third-order valence-corrected chi connectivity index (χ3v) is 5.55. The van der Waals surface area contributed by atoms with Crippen molar-refractivity contribution < 1.29 is 32.0 Å². The van der Waals surface area contributed by atoms with Crippen LogP contribution in [0.3, 0.4) is 0 Å². The Labute approximate surface area is 173 Å². The Hall–Kier alpha value is -3.31. The lowest BCUT2D eigenvalue weighted by Crippen LogP contribution is -2.49. The Morgan fingerprint density at radius 3 is 2.45 bits per heavy atom. The second-order valence-electron chi connectivity index (χ2n) is 7.54. The van der Waals surface area contributed by atoms with Gasteiger partial charge in [-0.3, -0.25) is 19.1 Å². The lowest BCUT2D eigenvalue weighted by Gasteiger charge is -2.36. The van der Waals surface area contributed by atoms with Gasteiger partial charge in [0.2, 0.25) is 5.91 Å². The molecular weight excluding hydrogens is 421 g/mol. The highest BCUT2D eigenvalue weighted by Gasteiger charge is 2.45. The monoisotopic (exact) mass is 440 g/mol. The average molecular weight is 440 g/mol. The highest BCUT2D eigenvalue weighted by Crippen LogP contribution is 2.25. The van der Waals surface area contributed by atoms with Gasteiger partial charge in [-0.2, -0.15) is 13.2 Å². The van der Waals surface area contributed by atoms with Gasteiger partial charge in [-0.1, -0.05) is 12.1 Å². The normalized spacial score (nSPS) is 18.5. The van der Waals surface area contributed by atoms with Gasteiger partial charge in [0, 0.05) is 19.1 Å². The van der Waals surface area contributed by atoms with Crippen LogP contribution in [0, 0.1) is 0 Å². The zero-order valence-electron chi connectivity index (χ0n) is 16.3. The Balaban J connectivity index is 1.37. The van der Waals surface area contributed by atoms with Crippen LogP contribution >= 0.6 is 0 Å². The molecule has 4 amide bonds. The van der Waals surface area contributed by atoms with Gasteiger partial charge in [-0.05, 0) is 25.0 Å². The number of imide groups is 1. The molecule has 31 heavy (non-hydrogen) atoms. The summed E-state index contributed by atoms with van der Waals surface area (Å²) >= 11 is 0. The second-order valence-corrected chi connectivity index (χ2v) is 7.54. The van der Waals surface area contributed by atoms with E-state index in [1.54, 1.807) is 24.3 Å². The molecule has 9 nitrogen and oxygen atoms in total. The minimum Gasteiger partial charge on any atom is -0.408 e. The number of urea groups is 1. The highest BCUT2D eigenvalue weighted by atomic mass is 19.4. The number of carbonyl (C=O) groups excluding carboxylic acids is 3. The maximum absolute atomic E-state index is 12.7. The third-order valence-electron chi connectivity index (χ3n) is 5.55. The maximum atomic E-state index is 12.7. The van der Waals surface area contributed by atoms with E-state index in [0.717, 1.165) is 4.90 Å². The van der Waals surface area contributed by atoms with Crippen LogP contribution < -0.4 is 5.76 Å². The molecule has 0 bridgehead atoms. The van der Waals surface area contributed by atoms with Crippen molar-refractivity contribution in [2.75, 3.05) is 26.2 Å². The van der Waals surface area contributed by atoms with Crippen LogP contribution in [-0.2, 0) is 16.1 Å². The standard InChI is InChI=1S/C19H19F3N4O5/c20-19(21,22)11-26-16(28)10-24(17(26)29)12-5-7-23(8-6-12)15(27)9-25-13-3-1-2-4-14(13)31-18(25)30/h1-4,12H,5-11H2. The van der Waals surface area contributed by atoms with Crippen molar-refractivity contribution in [3.8, 4) is 0 Å². The molecule has 0 N–H and O–H groups in total. The number of piperidine rings is 1. The summed E-state index contributed by atoms with van der Waals surface area (Å²) in [5.41, 5.74) is 0.876. The lowest BCUT2D eigenvalue weighted by molar-refractivity contribution is -0.151. The summed E-state index contributed by atoms with van der Waals surface area (Å²) in [6.45, 7) is -1.70. The zero-order valence-corrected chi connectivity index (χ0v) is 16.3. The molecular formula is C19H19F3N4O5. The molecule has 0 aliphatic carbocycles. The number of benzene rings is 1. The molecule has 2 fully saturated rings. The van der Waals surface area contributed by atoms with Gasteiger partial charge >= 0.3 is 18.0 Å². The van der Waals surface area contributed by atoms with E-state index in [1.807, 2.05) is 0 Å². The van der Waals surface area contributed by atoms with E-state index in [1.165, 1.54) is 9.47 Å². The first-order valence-corrected chi connectivity index (χ1v) is 9.68. The molecule has 166 valence electrons. The van der Waals surface area contributed by atoms with E-state index in [0.29, 0.717) is 23.9 Å². The molecule has 2 aliphatic heterocycles. The van der Waals surface area contributed by atoms with Gasteiger partial charge in [0.25, 0.3) is 5.91 Å². The number of halogens is 3. The maximum Gasteiger partial charge on any atom is 0.420 e. The van der Waals surface area contributed by atoms with Crippen molar-refractivity contribution >= 4 is 28.9 Å². The smallest absolute Gasteiger partial charge is 0.408 e. The van der Waals surface area contributed by atoms with Gasteiger partial charge in [0.05, 0.1) is 5.52 Å². The number of hydrogen-bond acceptors (Lipinski definition) is 5. The Bertz CT molecular complexity index is 1080. The predicted molar refractivity (Wildman–Crippen MR) is 99.9 cm³/mol. The second kappa shape index (κ2) is 7.75. The molecule has 0 spiro atoms. The quantitative estimate of drug-likeness (QED) is 0.670. The molecule has 2 aliphatic rings. The van der Waals surface area contributed by atoms with Crippen molar-refractivity contribution in [3.63, 3.8) is 0 Å². The molecule has 1 aromatic carbocycles. The lowest BCUT2D eigenvalue weighted by atomic mass is 10.0. The number of rotatable bonds is 4. The average Bonchev–Trinajstić information content (AvgIpc) is 3.18. The number of para-hydroxylation sites is 2. The zero-order chi connectivity index (χ0) is 22.3. The summed E-state index contributed by atoms with van der Waals surface area (Å²) in [6, 6.07) is 5.34. The fourth-order valence-corrected chi connectivity index (χ4v) is 4.01. The summed E-state index contributed by atoms with van der Waals surface area (Å²) in [5.74, 6) is -1.84. The van der Waals surface area contributed by atoms with E-state index in [9.17, 15) is 32.3 Å². The van der Waals surface area contributed by atoms with Crippen LogP contribution in [0.5, 0.6) is 0 Å². The number of nitrogens with zero attached hydrogens (tertiary/aromatic N) is 4. The van der Waals surface area contributed by atoms with Crippen molar-refractivity contribution in [3.05, 3.63) is 34.8 Å². The number of aromatic nitrogens is 1. The van der Waals surface area contributed by atoms with Crippen LogP contribution in [0.1, 0.15) is 12.8 Å². The third kappa shape index (κ3) is 4.14. The first kappa shape index (κ1) is 20.9. The van der Waals surface area contributed by atoms with Crippen molar-refractivity contribution in [2.45, 2.75) is 31.6 Å². The van der Waals surface area contributed by atoms with E-state index >= 15 is 0 Å². The Morgan fingerprint density at radius 1 is 1.10 bits per heavy atom. The Kier molecular flexibility index (Phi) is 5.23. The van der Waals surface area contributed by atoms with Crippen LogP contribution in [0.15, 0.2) is 33.5 Å². The first-order chi connectivity index (χ1) is 14.6. The summed E-state index contributed by atoms with van der Waals surface area (Å²) in [5, 5.41) is 0. The van der Waals surface area contributed by atoms with E-state index in [2.05, 4.69) is 0 Å². The molecule has 12 heteroatoms. The molecule has 1 aromatic heterocycles. The Morgan fingerprint density at radius 2 is 1.77 bits per heavy atom. The molecule has 0 saturated carbocycles. The van der Waals surface area contributed by atoms with Crippen molar-refractivity contribution in [2.24, 2.45) is 0 Å². The number of hydrogen-bond donors (Lipinski definition) is 0. The fraction of sp³-hybridized carbons (Fsp3) is 0.474. The van der Waals surface area contributed by atoms with Crippen LogP contribution in [-0.4, -0.2) is 75.5 Å². The van der Waals surface area contributed by atoms with Gasteiger partial charge < -0.3 is 14.2 Å². The summed E-state index contributed by atoms with van der Waals surface area (Å²) < 4.78 is 44.2. The number of carbonyl (C=O) groups is 3. The number of oxazole rings is 1. The van der Waals surface area contributed by atoms with Crippen LogP contribution in [0.4, 0.5) is 18.0 Å². The predicted octanol–water partition coefficient (Wildman–Crippen LogP) is 1.41. The van der Waals surface area contributed by atoms with Crippen LogP contribution in [0.25, 0.3) is 11.1 Å². The van der Waals surface area contributed by atoms with Gasteiger partial charge in [0.1, 0.15) is 19.6 Å². The summed E-state index contributed by atoms with van der Waals surface area (Å²) in [4.78, 5) is 51.7. The number of likely N-dealkylation sites (tertiary alicyclic amines) is 1. The minimum absolute atomic E-state index is 0.207. The van der Waals surface area contributed by atoms with Gasteiger partial charge in [-0.25, -0.2) is 9.59 Å². The van der Waals surface area contributed by atoms with Gasteiger partial charge in [-0.15, -0.1) is 0 Å². The van der Waals surface area contributed by atoms with Gasteiger partial charge in [0.15, 0.2) is 5.58 Å². The molecule has 0 unspecified atom stereocenters. The number of fused-ring (bicyclic) bond motifs is 1. The first-order valence-electron chi connectivity index (χ1n) is 9.68. The van der Waals surface area contributed by atoms with E-state index < -0.39 is 43.0 Å². The van der Waals surface area contributed by atoms with E-state index in [4.69, 9.17) is 4.42 Å². The SMILES string of the molecule is O=C(Cn1c(=O)oc2ccccc21)N1CCC(N2CC(=O)N(CC(F)(F)F)C2=O)CC1. The highest BCUT2D eigenvalue weighted by molar-refractivity contribution is 6.02. The van der Waals surface area contributed by atoms with Crippen molar-refractivity contribution in [1.29, 1.82) is 0 Å². The summed E-state index contributed by atoms with van der Waals surface area (Å²) in [6.07, 6.45) is -4.01. The largest absolute Gasteiger partial charge is 0.420 e. The van der Waals surface area contributed by atoms with E-state index in [-0.39, 0.29) is 30.4 Å². The molecule has 2 saturated heterocycles. The molecule has 4 rings (SSSR count). The molecule has 0 atom stereocenters. The molecule has 0 radical (unpaired) electrons. The molecule has 3 heterocycles. The summed E-state index contributed by atoms with van der Waals surface area (Å²) in [7, 11) is 0. The van der Waals surface area contributed by atoms with Crippen LogP contribution in [0.2, 0.25) is 0 Å². The molecule has 2 aromatic rings.